The summed E-state index contributed by atoms with van der Waals surface area (Å²) in [5.41, 5.74) is 0.249. The first-order chi connectivity index (χ1) is 16.5. The van der Waals surface area contributed by atoms with Crippen LogP contribution in [-0.2, 0) is 6.54 Å². The van der Waals surface area contributed by atoms with Gasteiger partial charge in [-0.15, -0.1) is 11.3 Å². The average Bonchev–Trinajstić information content (AvgIpc) is 3.40. The molecule has 1 aliphatic heterocycles. The minimum Gasteiger partial charge on any atom is -0.362 e. The highest BCUT2D eigenvalue weighted by atomic mass is 32.1. The van der Waals surface area contributed by atoms with Gasteiger partial charge < -0.3 is 14.4 Å². The number of carbonyl (C=O) groups is 1. The molecule has 2 fully saturated rings. The monoisotopic (exact) mass is 496 g/mol. The van der Waals surface area contributed by atoms with Gasteiger partial charge >= 0.3 is 11.2 Å². The Bertz CT molecular complexity index is 1260. The minimum atomic E-state index is -0.527. The molecule has 5 rings (SSSR count). The van der Waals surface area contributed by atoms with Crippen LogP contribution in [0.2, 0.25) is 0 Å². The molecule has 1 aromatic carbocycles. The van der Waals surface area contributed by atoms with Crippen molar-refractivity contribution in [3.63, 3.8) is 0 Å². The molecule has 0 N–H and O–H groups in total. The number of pyridine rings is 1. The summed E-state index contributed by atoms with van der Waals surface area (Å²) < 4.78 is 1.63. The molecule has 2 aliphatic rings. The van der Waals surface area contributed by atoms with Crippen LogP contribution in [0.15, 0.2) is 46.6 Å². The molecule has 0 bridgehead atoms. The lowest BCUT2D eigenvalue weighted by Crippen LogP contribution is -2.49. The highest BCUT2D eigenvalue weighted by Crippen LogP contribution is 2.35. The Labute approximate surface area is 208 Å². The van der Waals surface area contributed by atoms with E-state index in [4.69, 9.17) is 0 Å². The van der Waals surface area contributed by atoms with Gasteiger partial charge in [0.1, 0.15) is 5.69 Å². The van der Waals surface area contributed by atoms with Crippen LogP contribution in [-0.4, -0.2) is 46.5 Å². The molecule has 2 aromatic heterocycles. The Morgan fingerprint density at radius 3 is 2.40 bits per heavy atom. The molecule has 1 saturated heterocycles. The molecular formula is C26H32N4O4S. The van der Waals surface area contributed by atoms with E-state index in [0.717, 1.165) is 36.6 Å². The maximum absolute atomic E-state index is 13.5. The second-order valence-corrected chi connectivity index (χ2v) is 10.1. The number of hydrogen-bond donors (Lipinski definition) is 0. The fraction of sp³-hybridized carbons (Fsp3) is 0.462. The van der Waals surface area contributed by atoms with Crippen molar-refractivity contribution in [2.45, 2.75) is 46.1 Å². The second-order valence-electron chi connectivity index (χ2n) is 9.15. The van der Waals surface area contributed by atoms with E-state index in [1.54, 1.807) is 9.47 Å². The first-order valence-electron chi connectivity index (χ1n) is 11.9. The van der Waals surface area contributed by atoms with Crippen LogP contribution >= 0.6 is 11.3 Å². The van der Waals surface area contributed by atoms with Crippen molar-refractivity contribution in [2.24, 2.45) is 5.92 Å². The Balaban J connectivity index is 0.00000289. The third kappa shape index (κ3) is 4.82. The van der Waals surface area contributed by atoms with Crippen molar-refractivity contribution in [1.29, 1.82) is 0 Å². The normalized spacial score (nSPS) is 16.8. The summed E-state index contributed by atoms with van der Waals surface area (Å²) in [5, 5.41) is 14.8. The summed E-state index contributed by atoms with van der Waals surface area (Å²) in [7, 11) is 0. The second kappa shape index (κ2) is 10.6. The molecule has 186 valence electrons. The zero-order valence-corrected chi connectivity index (χ0v) is 19.8. The van der Waals surface area contributed by atoms with Crippen molar-refractivity contribution in [3.8, 4) is 0 Å². The molecule has 35 heavy (non-hydrogen) atoms. The summed E-state index contributed by atoms with van der Waals surface area (Å²) in [6, 6.07) is 11.2. The van der Waals surface area contributed by atoms with Gasteiger partial charge in [0.25, 0.3) is 5.91 Å². The number of amides is 1. The predicted molar refractivity (Wildman–Crippen MR) is 141 cm³/mol. The van der Waals surface area contributed by atoms with E-state index < -0.39 is 10.5 Å². The van der Waals surface area contributed by atoms with Gasteiger partial charge in [0.05, 0.1) is 15.3 Å². The Kier molecular flexibility index (Phi) is 7.54. The number of benzene rings is 1. The molecule has 9 heteroatoms. The van der Waals surface area contributed by atoms with Crippen LogP contribution in [0.5, 0.6) is 0 Å². The average molecular weight is 497 g/mol. The third-order valence-electron chi connectivity index (χ3n) is 7.09. The number of nitrogens with zero attached hydrogens (tertiary/aromatic N) is 4. The number of nitro groups is 1. The highest BCUT2D eigenvalue weighted by molar-refractivity contribution is 7.12. The minimum absolute atomic E-state index is 0. The molecule has 0 radical (unpaired) electrons. The van der Waals surface area contributed by atoms with E-state index in [2.05, 4.69) is 0 Å². The quantitative estimate of drug-likeness (QED) is 0.360. The molecule has 0 atom stereocenters. The van der Waals surface area contributed by atoms with Crippen molar-refractivity contribution in [1.82, 2.24) is 9.47 Å². The summed E-state index contributed by atoms with van der Waals surface area (Å²) >= 11 is 1.41. The topological polar surface area (TPSA) is 88.7 Å². The van der Waals surface area contributed by atoms with Crippen molar-refractivity contribution in [3.05, 3.63) is 67.1 Å². The van der Waals surface area contributed by atoms with Gasteiger partial charge in [-0.05, 0) is 36.3 Å². The molecular weight excluding hydrogens is 464 g/mol. The Morgan fingerprint density at radius 2 is 1.74 bits per heavy atom. The fourth-order valence-corrected chi connectivity index (χ4v) is 6.05. The highest BCUT2D eigenvalue weighted by Gasteiger charge is 2.33. The Morgan fingerprint density at radius 1 is 1.03 bits per heavy atom. The fourth-order valence-electron chi connectivity index (χ4n) is 5.36. The summed E-state index contributed by atoms with van der Waals surface area (Å²) in [6.07, 6.45) is 5.61. The maximum atomic E-state index is 13.5. The molecule has 1 aliphatic carbocycles. The van der Waals surface area contributed by atoms with E-state index in [0.29, 0.717) is 49.2 Å². The summed E-state index contributed by atoms with van der Waals surface area (Å²) in [5.74, 6) is 0.351. The van der Waals surface area contributed by atoms with Crippen LogP contribution in [0.25, 0.3) is 10.9 Å². The number of fused-ring (bicyclic) bond motifs is 1. The molecule has 3 heterocycles. The zero-order valence-electron chi connectivity index (χ0n) is 19.0. The van der Waals surface area contributed by atoms with Crippen LogP contribution in [0, 0.1) is 16.0 Å². The first-order valence-corrected chi connectivity index (χ1v) is 12.8. The number of piperazine rings is 1. The van der Waals surface area contributed by atoms with Gasteiger partial charge in [0, 0.05) is 38.1 Å². The lowest BCUT2D eigenvalue weighted by molar-refractivity contribution is -0.385. The number of carbonyl (C=O) groups excluding carboxylic acids is 1. The van der Waals surface area contributed by atoms with Gasteiger partial charge in [-0.25, -0.2) is 0 Å². The first kappa shape index (κ1) is 24.9. The zero-order chi connectivity index (χ0) is 23.7. The number of hydrogen-bond acceptors (Lipinski definition) is 6. The van der Waals surface area contributed by atoms with E-state index in [1.807, 2.05) is 46.7 Å². The summed E-state index contributed by atoms with van der Waals surface area (Å²) in [6.45, 7) is 2.30. The Hall–Kier alpha value is -3.20. The molecule has 1 saturated carbocycles. The number of aromatic nitrogens is 1. The van der Waals surface area contributed by atoms with Crippen LogP contribution in [0.1, 0.15) is 49.2 Å². The number of rotatable bonds is 5. The van der Waals surface area contributed by atoms with Crippen molar-refractivity contribution in [2.75, 3.05) is 31.1 Å². The van der Waals surface area contributed by atoms with E-state index in [-0.39, 0.29) is 19.0 Å². The number of anilines is 1. The molecule has 1 amide bonds. The third-order valence-corrected chi connectivity index (χ3v) is 7.94. The van der Waals surface area contributed by atoms with E-state index in [1.165, 1.54) is 17.8 Å². The predicted octanol–water partition coefficient (Wildman–Crippen LogP) is 5.15. The molecule has 3 aromatic rings. The smallest absolute Gasteiger partial charge is 0.357 e. The van der Waals surface area contributed by atoms with Crippen LogP contribution < -0.4 is 10.5 Å². The molecule has 8 nitrogen and oxygen atoms in total. The van der Waals surface area contributed by atoms with Gasteiger partial charge in [-0.3, -0.25) is 19.7 Å². The number of para-hydroxylation sites is 1. The summed E-state index contributed by atoms with van der Waals surface area (Å²) in [4.78, 5) is 42.3. The van der Waals surface area contributed by atoms with Crippen LogP contribution in [0.3, 0.4) is 0 Å². The van der Waals surface area contributed by atoms with Crippen molar-refractivity contribution >= 4 is 39.5 Å². The van der Waals surface area contributed by atoms with Gasteiger partial charge in [-0.2, -0.15) is 0 Å². The molecule has 0 spiro atoms. The van der Waals surface area contributed by atoms with Gasteiger partial charge in [0.2, 0.25) is 0 Å². The van der Waals surface area contributed by atoms with Gasteiger partial charge in [0.15, 0.2) is 0 Å². The lowest BCUT2D eigenvalue weighted by Gasteiger charge is -2.36. The van der Waals surface area contributed by atoms with Crippen molar-refractivity contribution < 1.29 is 9.72 Å². The van der Waals surface area contributed by atoms with Gasteiger partial charge in [-0.1, -0.05) is 51.0 Å². The van der Waals surface area contributed by atoms with E-state index in [9.17, 15) is 19.7 Å². The number of thiophene rings is 1. The van der Waals surface area contributed by atoms with E-state index >= 15 is 0 Å². The maximum Gasteiger partial charge on any atom is 0.357 e. The lowest BCUT2D eigenvalue weighted by atomic mass is 9.89. The van der Waals surface area contributed by atoms with Crippen LogP contribution in [0.4, 0.5) is 11.4 Å². The largest absolute Gasteiger partial charge is 0.362 e. The standard InChI is InChI=1S/C25H28N4O4S.CH4/c30-24(21-11-6-16-34-21)27-14-12-26(13-15-27)22-19-9-4-5-10-20(19)28(25(31)23(22)29(32)33)17-18-7-2-1-3-8-18;/h4-6,9-11,16,18H,1-3,7-8,12-15,17H2;1H4. The SMILES string of the molecule is C.O=C(c1cccs1)N1CCN(c2c([N+](=O)[O-])c(=O)n(CC3CCCCC3)c3ccccc23)CC1. The molecule has 0 unspecified atom stereocenters.